The van der Waals surface area contributed by atoms with Gasteiger partial charge in [-0.05, 0) is 33.1 Å². The van der Waals surface area contributed by atoms with Gasteiger partial charge in [-0.15, -0.1) is 0 Å². The van der Waals surface area contributed by atoms with Crippen LogP contribution in [0.5, 0.6) is 0 Å². The summed E-state index contributed by atoms with van der Waals surface area (Å²) in [5.41, 5.74) is 0.983. The summed E-state index contributed by atoms with van der Waals surface area (Å²) in [7, 11) is 0. The molecule has 16 heavy (non-hydrogen) atoms. The van der Waals surface area contributed by atoms with E-state index in [9.17, 15) is 5.11 Å². The van der Waals surface area contributed by atoms with Crippen LogP contribution in [0.2, 0.25) is 0 Å². The Bertz CT molecular complexity index is 362. The van der Waals surface area contributed by atoms with Gasteiger partial charge in [0.1, 0.15) is 0 Å². The lowest BCUT2D eigenvalue weighted by Crippen LogP contribution is -2.28. The predicted molar refractivity (Wildman–Crippen MR) is 68.1 cm³/mol. The number of thiazole rings is 1. The second-order valence-electron chi connectivity index (χ2n) is 4.52. The molecule has 2 rings (SSSR count). The molecular formula is C12H20N2OS. The molecule has 2 heterocycles. The molecule has 0 aliphatic carbocycles. The van der Waals surface area contributed by atoms with Crippen molar-refractivity contribution in [1.82, 2.24) is 4.98 Å². The van der Waals surface area contributed by atoms with E-state index in [0.29, 0.717) is 6.04 Å². The summed E-state index contributed by atoms with van der Waals surface area (Å²) in [6.45, 7) is 7.15. The van der Waals surface area contributed by atoms with Crippen molar-refractivity contribution in [2.75, 3.05) is 11.4 Å². The summed E-state index contributed by atoms with van der Waals surface area (Å²) in [6, 6.07) is 0.646. The van der Waals surface area contributed by atoms with Crippen LogP contribution < -0.4 is 4.90 Å². The normalized spacial score (nSPS) is 22.8. The molecule has 1 aliphatic heterocycles. The van der Waals surface area contributed by atoms with E-state index in [2.05, 4.69) is 16.8 Å². The number of anilines is 1. The minimum atomic E-state index is -0.395. The summed E-state index contributed by atoms with van der Waals surface area (Å²) in [5, 5.41) is 10.7. The van der Waals surface area contributed by atoms with E-state index in [-0.39, 0.29) is 0 Å². The average Bonchev–Trinajstić information content (AvgIpc) is 2.82. The molecule has 4 heteroatoms. The monoisotopic (exact) mass is 240 g/mol. The van der Waals surface area contributed by atoms with E-state index in [0.717, 1.165) is 22.2 Å². The molecular weight excluding hydrogens is 220 g/mol. The van der Waals surface area contributed by atoms with E-state index in [1.54, 1.807) is 11.3 Å². The third kappa shape index (κ3) is 2.09. The zero-order valence-electron chi connectivity index (χ0n) is 10.2. The molecule has 3 nitrogen and oxygen atoms in total. The SMILES string of the molecule is CCC1CCCN1c1nc(C)c(C(C)O)s1. The second kappa shape index (κ2) is 4.72. The van der Waals surface area contributed by atoms with Crippen molar-refractivity contribution in [3.8, 4) is 0 Å². The number of hydrogen-bond acceptors (Lipinski definition) is 4. The molecule has 0 aromatic carbocycles. The number of aliphatic hydroxyl groups is 1. The van der Waals surface area contributed by atoms with Crippen LogP contribution in [0.4, 0.5) is 5.13 Å². The zero-order chi connectivity index (χ0) is 11.7. The van der Waals surface area contributed by atoms with E-state index in [1.165, 1.54) is 19.3 Å². The Morgan fingerprint density at radius 3 is 2.94 bits per heavy atom. The number of rotatable bonds is 3. The highest BCUT2D eigenvalue weighted by Crippen LogP contribution is 2.34. The maximum atomic E-state index is 9.64. The Morgan fingerprint density at radius 1 is 1.62 bits per heavy atom. The third-order valence-electron chi connectivity index (χ3n) is 3.29. The van der Waals surface area contributed by atoms with Gasteiger partial charge < -0.3 is 10.0 Å². The first-order valence-electron chi connectivity index (χ1n) is 6.05. The summed E-state index contributed by atoms with van der Waals surface area (Å²) in [4.78, 5) is 8.01. The van der Waals surface area contributed by atoms with Crippen LogP contribution in [0.25, 0.3) is 0 Å². The molecule has 0 bridgehead atoms. The molecule has 0 amide bonds. The maximum Gasteiger partial charge on any atom is 0.186 e. The molecule has 1 aromatic rings. The molecule has 1 aliphatic rings. The smallest absolute Gasteiger partial charge is 0.186 e. The quantitative estimate of drug-likeness (QED) is 0.882. The lowest BCUT2D eigenvalue weighted by Gasteiger charge is -2.22. The van der Waals surface area contributed by atoms with Crippen molar-refractivity contribution >= 4 is 16.5 Å². The highest BCUT2D eigenvalue weighted by atomic mass is 32.1. The van der Waals surface area contributed by atoms with Gasteiger partial charge in [0, 0.05) is 12.6 Å². The summed E-state index contributed by atoms with van der Waals surface area (Å²) < 4.78 is 0. The largest absolute Gasteiger partial charge is 0.388 e. The van der Waals surface area contributed by atoms with Crippen molar-refractivity contribution in [2.45, 2.75) is 52.2 Å². The van der Waals surface area contributed by atoms with Crippen LogP contribution in [0.3, 0.4) is 0 Å². The highest BCUT2D eigenvalue weighted by Gasteiger charge is 2.26. The van der Waals surface area contributed by atoms with Gasteiger partial charge in [0.2, 0.25) is 0 Å². The van der Waals surface area contributed by atoms with Gasteiger partial charge in [-0.3, -0.25) is 0 Å². The van der Waals surface area contributed by atoms with Gasteiger partial charge >= 0.3 is 0 Å². The van der Waals surface area contributed by atoms with Crippen molar-refractivity contribution in [1.29, 1.82) is 0 Å². The molecule has 90 valence electrons. The Balaban J connectivity index is 2.23. The first-order valence-corrected chi connectivity index (χ1v) is 6.87. The molecule has 2 atom stereocenters. The van der Waals surface area contributed by atoms with Gasteiger partial charge in [0.25, 0.3) is 0 Å². The number of aliphatic hydroxyl groups excluding tert-OH is 1. The van der Waals surface area contributed by atoms with Crippen molar-refractivity contribution < 1.29 is 5.11 Å². The Morgan fingerprint density at radius 2 is 2.38 bits per heavy atom. The molecule has 1 saturated heterocycles. The number of hydrogen-bond donors (Lipinski definition) is 1. The number of aryl methyl sites for hydroxylation is 1. The van der Waals surface area contributed by atoms with E-state index in [1.807, 2.05) is 13.8 Å². The van der Waals surface area contributed by atoms with Gasteiger partial charge in [-0.2, -0.15) is 0 Å². The first kappa shape index (κ1) is 11.9. The van der Waals surface area contributed by atoms with Crippen LogP contribution in [-0.2, 0) is 0 Å². The molecule has 1 N–H and O–H groups in total. The van der Waals surface area contributed by atoms with Crippen LogP contribution >= 0.6 is 11.3 Å². The predicted octanol–water partition coefficient (Wildman–Crippen LogP) is 2.88. The molecule has 1 aromatic heterocycles. The summed E-state index contributed by atoms with van der Waals surface area (Å²) >= 11 is 1.65. The van der Waals surface area contributed by atoms with E-state index in [4.69, 9.17) is 0 Å². The van der Waals surface area contributed by atoms with Crippen LogP contribution in [0.15, 0.2) is 0 Å². The Hall–Kier alpha value is -0.610. The fourth-order valence-corrected chi connectivity index (χ4v) is 3.52. The first-order chi connectivity index (χ1) is 7.63. The molecule has 0 spiro atoms. The van der Waals surface area contributed by atoms with Crippen molar-refractivity contribution in [3.63, 3.8) is 0 Å². The van der Waals surface area contributed by atoms with Crippen molar-refractivity contribution in [2.24, 2.45) is 0 Å². The van der Waals surface area contributed by atoms with Crippen LogP contribution in [0, 0.1) is 6.92 Å². The fraction of sp³-hybridized carbons (Fsp3) is 0.750. The molecule has 2 unspecified atom stereocenters. The second-order valence-corrected chi connectivity index (χ2v) is 5.53. The Kier molecular flexibility index (Phi) is 3.50. The van der Waals surface area contributed by atoms with Gasteiger partial charge in [0.05, 0.1) is 16.7 Å². The molecule has 0 radical (unpaired) electrons. The Labute approximate surface area is 101 Å². The van der Waals surface area contributed by atoms with Crippen LogP contribution in [0.1, 0.15) is 49.8 Å². The third-order valence-corrected chi connectivity index (χ3v) is 4.66. The standard InChI is InChI=1S/C12H20N2OS/c1-4-10-6-5-7-14(10)12-13-8(2)11(16-12)9(3)15/h9-10,15H,4-7H2,1-3H3. The van der Waals surface area contributed by atoms with Crippen molar-refractivity contribution in [3.05, 3.63) is 10.6 Å². The average molecular weight is 240 g/mol. The van der Waals surface area contributed by atoms with E-state index < -0.39 is 6.10 Å². The number of aromatic nitrogens is 1. The van der Waals surface area contributed by atoms with Gasteiger partial charge in [0.15, 0.2) is 5.13 Å². The lowest BCUT2D eigenvalue weighted by atomic mass is 10.2. The molecule has 0 saturated carbocycles. The molecule has 1 fully saturated rings. The maximum absolute atomic E-state index is 9.64. The van der Waals surface area contributed by atoms with E-state index >= 15 is 0 Å². The highest BCUT2D eigenvalue weighted by molar-refractivity contribution is 7.15. The number of nitrogens with zero attached hydrogens (tertiary/aromatic N) is 2. The van der Waals surface area contributed by atoms with Gasteiger partial charge in [-0.1, -0.05) is 18.3 Å². The zero-order valence-corrected chi connectivity index (χ0v) is 11.0. The minimum Gasteiger partial charge on any atom is -0.388 e. The van der Waals surface area contributed by atoms with Crippen LogP contribution in [-0.4, -0.2) is 22.7 Å². The summed E-state index contributed by atoms with van der Waals surface area (Å²) in [5.74, 6) is 0. The minimum absolute atomic E-state index is 0.395. The summed E-state index contributed by atoms with van der Waals surface area (Å²) in [6.07, 6.45) is 3.33. The topological polar surface area (TPSA) is 36.4 Å². The fourth-order valence-electron chi connectivity index (χ4n) is 2.42. The lowest BCUT2D eigenvalue weighted by molar-refractivity contribution is 0.202. The van der Waals surface area contributed by atoms with Gasteiger partial charge in [-0.25, -0.2) is 4.98 Å².